The van der Waals surface area contributed by atoms with Crippen LogP contribution in [0.1, 0.15) is 0 Å². The second-order valence-corrected chi connectivity index (χ2v) is 13.7. The van der Waals surface area contributed by atoms with Crippen LogP contribution < -0.4 is 15.9 Å². The largest absolute Gasteiger partial charge is 0.309 e. The summed E-state index contributed by atoms with van der Waals surface area (Å²) in [5, 5.41) is 7.53. The molecule has 202 valence electrons. The molecular formula is C38H24N3OP. The summed E-state index contributed by atoms with van der Waals surface area (Å²) in [5.41, 5.74) is 5.33. The molecule has 1 unspecified atom stereocenters. The maximum atomic E-state index is 16.1. The Morgan fingerprint density at radius 2 is 1.23 bits per heavy atom. The Hall–Kier alpha value is -5.31. The SMILES string of the molecule is O=P(c1ccccc1)(c1ccc2ccccc2c1)c1cccc2c3nc4ccccc4cc3c3nc4ccccc4n3c12. The fraction of sp³-hybridized carbons (Fsp3) is 0. The summed E-state index contributed by atoms with van der Waals surface area (Å²) in [5.74, 6) is 0. The molecule has 4 nitrogen and oxygen atoms in total. The number of benzene rings is 6. The Morgan fingerprint density at radius 3 is 2.09 bits per heavy atom. The van der Waals surface area contributed by atoms with Gasteiger partial charge in [0.25, 0.3) is 0 Å². The van der Waals surface area contributed by atoms with E-state index in [1.54, 1.807) is 0 Å². The maximum Gasteiger partial charge on any atom is 0.173 e. The zero-order chi connectivity index (χ0) is 28.5. The van der Waals surface area contributed by atoms with E-state index in [1.807, 2.05) is 97.1 Å². The molecule has 0 N–H and O–H groups in total. The molecule has 0 fully saturated rings. The van der Waals surface area contributed by atoms with Gasteiger partial charge >= 0.3 is 0 Å². The standard InChI is InChI=1S/C38H24N3OP/c42-43(28-14-2-1-3-15-28,29-22-21-25-11-4-5-12-26(25)23-29)35-20-10-16-30-36-31(24-27-13-6-7-17-32(27)39-36)38-40-33-18-8-9-19-34(33)41(38)37(30)35/h1-24H. The summed E-state index contributed by atoms with van der Waals surface area (Å²) < 4.78 is 18.3. The van der Waals surface area contributed by atoms with Gasteiger partial charge < -0.3 is 4.57 Å². The molecule has 0 bridgehead atoms. The van der Waals surface area contributed by atoms with Crippen molar-refractivity contribution < 1.29 is 4.57 Å². The lowest BCUT2D eigenvalue weighted by Crippen LogP contribution is -2.26. The van der Waals surface area contributed by atoms with E-state index in [1.165, 1.54) is 0 Å². The van der Waals surface area contributed by atoms with Crippen LogP contribution in [0.2, 0.25) is 0 Å². The molecule has 0 amide bonds. The van der Waals surface area contributed by atoms with Crippen LogP contribution in [-0.2, 0) is 4.57 Å². The van der Waals surface area contributed by atoms with E-state index in [4.69, 9.17) is 9.97 Å². The van der Waals surface area contributed by atoms with Crippen LogP contribution in [0.5, 0.6) is 0 Å². The van der Waals surface area contributed by atoms with Gasteiger partial charge in [0.15, 0.2) is 7.14 Å². The van der Waals surface area contributed by atoms with Crippen LogP contribution in [0.4, 0.5) is 0 Å². The molecule has 9 aromatic rings. The van der Waals surface area contributed by atoms with Crippen molar-refractivity contribution >= 4 is 83.2 Å². The van der Waals surface area contributed by atoms with Gasteiger partial charge in [-0.15, -0.1) is 0 Å². The van der Waals surface area contributed by atoms with Crippen molar-refractivity contribution in [3.63, 3.8) is 0 Å². The van der Waals surface area contributed by atoms with Gasteiger partial charge in [-0.25, -0.2) is 9.97 Å². The van der Waals surface area contributed by atoms with E-state index in [-0.39, 0.29) is 0 Å². The first kappa shape index (κ1) is 24.3. The number of imidazole rings is 1. The van der Waals surface area contributed by atoms with Gasteiger partial charge in [-0.2, -0.15) is 0 Å². The maximum absolute atomic E-state index is 16.1. The fourth-order valence-electron chi connectivity index (χ4n) is 6.57. The number of fused-ring (bicyclic) bond motifs is 10. The van der Waals surface area contributed by atoms with Crippen LogP contribution in [0.25, 0.3) is 60.2 Å². The molecule has 9 rings (SSSR count). The first-order valence-electron chi connectivity index (χ1n) is 14.4. The second kappa shape index (κ2) is 9.09. The molecule has 0 radical (unpaired) electrons. The highest BCUT2D eigenvalue weighted by molar-refractivity contribution is 7.85. The summed E-state index contributed by atoms with van der Waals surface area (Å²) in [6.07, 6.45) is 0. The molecule has 0 aliphatic rings. The van der Waals surface area contributed by atoms with Crippen molar-refractivity contribution in [1.29, 1.82) is 0 Å². The van der Waals surface area contributed by atoms with E-state index in [9.17, 15) is 0 Å². The molecule has 0 spiro atoms. The van der Waals surface area contributed by atoms with E-state index >= 15 is 4.57 Å². The summed E-state index contributed by atoms with van der Waals surface area (Å²) in [6.45, 7) is 0. The third kappa shape index (κ3) is 3.48. The minimum Gasteiger partial charge on any atom is -0.309 e. The summed E-state index contributed by atoms with van der Waals surface area (Å²) in [4.78, 5) is 10.3. The number of pyridine rings is 2. The fourth-order valence-corrected chi connectivity index (χ4v) is 9.44. The van der Waals surface area contributed by atoms with Crippen molar-refractivity contribution in [3.05, 3.63) is 146 Å². The normalized spacial score (nSPS) is 13.4. The topological polar surface area (TPSA) is 47.3 Å². The Morgan fingerprint density at radius 1 is 0.512 bits per heavy atom. The van der Waals surface area contributed by atoms with Crippen LogP contribution in [0.15, 0.2) is 146 Å². The highest BCUT2D eigenvalue weighted by Gasteiger charge is 2.33. The van der Waals surface area contributed by atoms with Crippen molar-refractivity contribution in [3.8, 4) is 0 Å². The van der Waals surface area contributed by atoms with Crippen LogP contribution in [0.3, 0.4) is 0 Å². The Kier molecular flexibility index (Phi) is 5.14. The smallest absolute Gasteiger partial charge is 0.173 e. The number of hydrogen-bond donors (Lipinski definition) is 0. The molecule has 6 aromatic carbocycles. The molecular weight excluding hydrogens is 545 g/mol. The van der Waals surface area contributed by atoms with Gasteiger partial charge in [-0.1, -0.05) is 109 Å². The van der Waals surface area contributed by atoms with Crippen molar-refractivity contribution in [2.45, 2.75) is 0 Å². The van der Waals surface area contributed by atoms with E-state index in [2.05, 4.69) is 52.9 Å². The number of aromatic nitrogens is 3. The highest BCUT2D eigenvalue weighted by Crippen LogP contribution is 2.46. The lowest BCUT2D eigenvalue weighted by Gasteiger charge is -2.23. The predicted molar refractivity (Wildman–Crippen MR) is 180 cm³/mol. The molecule has 5 heteroatoms. The van der Waals surface area contributed by atoms with Gasteiger partial charge in [0, 0.05) is 32.1 Å². The molecule has 0 saturated heterocycles. The lowest BCUT2D eigenvalue weighted by molar-refractivity contribution is 0.592. The Balaban J connectivity index is 1.51. The second-order valence-electron chi connectivity index (χ2n) is 11.0. The minimum atomic E-state index is -3.39. The molecule has 0 aliphatic heterocycles. The summed E-state index contributed by atoms with van der Waals surface area (Å²) in [7, 11) is -3.39. The average molecular weight is 570 g/mol. The lowest BCUT2D eigenvalue weighted by atomic mass is 10.1. The number of rotatable bonds is 3. The van der Waals surface area contributed by atoms with Crippen LogP contribution in [0, 0.1) is 0 Å². The molecule has 0 saturated carbocycles. The summed E-state index contributed by atoms with van der Waals surface area (Å²) >= 11 is 0. The van der Waals surface area contributed by atoms with Crippen LogP contribution in [-0.4, -0.2) is 14.4 Å². The Labute approximate surface area is 247 Å². The molecule has 43 heavy (non-hydrogen) atoms. The third-order valence-corrected chi connectivity index (χ3v) is 11.6. The van der Waals surface area contributed by atoms with Gasteiger partial charge in [-0.05, 0) is 47.2 Å². The van der Waals surface area contributed by atoms with Gasteiger partial charge in [0.05, 0.1) is 27.6 Å². The van der Waals surface area contributed by atoms with Gasteiger partial charge in [0.1, 0.15) is 5.65 Å². The predicted octanol–water partition coefficient (Wildman–Crippen LogP) is 8.13. The van der Waals surface area contributed by atoms with Crippen molar-refractivity contribution in [2.24, 2.45) is 0 Å². The van der Waals surface area contributed by atoms with E-state index in [0.29, 0.717) is 0 Å². The monoisotopic (exact) mass is 569 g/mol. The average Bonchev–Trinajstić information content (AvgIpc) is 3.47. The quantitative estimate of drug-likeness (QED) is 0.123. The van der Waals surface area contributed by atoms with Crippen LogP contribution >= 0.6 is 7.14 Å². The first-order valence-corrected chi connectivity index (χ1v) is 16.1. The zero-order valence-electron chi connectivity index (χ0n) is 23.1. The number of hydrogen-bond acceptors (Lipinski definition) is 3. The minimum absolute atomic E-state index is 0.775. The highest BCUT2D eigenvalue weighted by atomic mass is 31.2. The van der Waals surface area contributed by atoms with Crippen molar-refractivity contribution in [1.82, 2.24) is 14.4 Å². The summed E-state index contributed by atoms with van der Waals surface area (Å²) in [6, 6.07) is 49.1. The number of para-hydroxylation sites is 4. The van der Waals surface area contributed by atoms with Crippen molar-refractivity contribution in [2.75, 3.05) is 0 Å². The van der Waals surface area contributed by atoms with E-state index < -0.39 is 7.14 Å². The Bertz CT molecular complexity index is 2610. The van der Waals surface area contributed by atoms with E-state index in [0.717, 1.165) is 76.1 Å². The van der Waals surface area contributed by atoms with Gasteiger partial charge in [-0.3, -0.25) is 4.40 Å². The molecule has 0 aliphatic carbocycles. The number of nitrogens with zero attached hydrogens (tertiary/aromatic N) is 3. The van der Waals surface area contributed by atoms with Gasteiger partial charge in [0.2, 0.25) is 0 Å². The molecule has 1 atom stereocenters. The molecule has 3 aromatic heterocycles. The third-order valence-electron chi connectivity index (χ3n) is 8.57. The molecule has 3 heterocycles. The first-order chi connectivity index (χ1) is 21.2. The zero-order valence-corrected chi connectivity index (χ0v) is 23.9.